The molecule has 0 amide bonds. The highest BCUT2D eigenvalue weighted by Crippen LogP contribution is 2.40. The van der Waals surface area contributed by atoms with Gasteiger partial charge in [-0.15, -0.1) is 0 Å². The van der Waals surface area contributed by atoms with Crippen LogP contribution in [-0.2, 0) is 13.0 Å². The fraction of sp³-hybridized carbons (Fsp3) is 0.261. The number of aromatic nitrogens is 1. The first kappa shape index (κ1) is 18.3. The number of aryl methyl sites for hydroxylation is 2. The maximum absolute atomic E-state index is 3.48. The van der Waals surface area contributed by atoms with Gasteiger partial charge in [0.1, 0.15) is 11.2 Å². The topological polar surface area (TPSA) is 15.9 Å². The largest absolute Gasteiger partial charge is 0.349 e. The van der Waals surface area contributed by atoms with Gasteiger partial charge in [0, 0.05) is 23.0 Å². The molecule has 1 aromatic heterocycles. The molecule has 138 valence electrons. The summed E-state index contributed by atoms with van der Waals surface area (Å²) < 4.78 is 3.90. The highest BCUT2D eigenvalue weighted by atomic mass is 32.2. The van der Waals surface area contributed by atoms with Gasteiger partial charge >= 0.3 is 0 Å². The number of hydrogen-bond donors (Lipinski definition) is 1. The van der Waals surface area contributed by atoms with Crippen molar-refractivity contribution >= 4 is 45.1 Å². The Morgan fingerprint density at radius 1 is 1.04 bits per heavy atom. The molecule has 2 nitrogen and oxygen atoms in total. The lowest BCUT2D eigenvalue weighted by Crippen LogP contribution is -2.35. The van der Waals surface area contributed by atoms with Gasteiger partial charge in [-0.05, 0) is 30.7 Å². The Balaban J connectivity index is 1.64. The minimum absolute atomic E-state index is 1.06. The summed E-state index contributed by atoms with van der Waals surface area (Å²) in [7, 11) is 0. The van der Waals surface area contributed by atoms with Gasteiger partial charge < -0.3 is 5.32 Å². The highest BCUT2D eigenvalue weighted by molar-refractivity contribution is 8.03. The molecule has 1 aliphatic heterocycles. The van der Waals surface area contributed by atoms with Crippen LogP contribution in [0.25, 0.3) is 16.3 Å². The molecule has 0 spiro atoms. The number of thioether (sulfide) groups is 1. The predicted octanol–water partition coefficient (Wildman–Crippen LogP) is 6.62. The number of anilines is 1. The fourth-order valence-electron chi connectivity index (χ4n) is 3.50. The second-order valence-electron chi connectivity index (χ2n) is 6.72. The first-order valence-electron chi connectivity index (χ1n) is 9.66. The minimum atomic E-state index is 1.06. The molecule has 0 saturated heterocycles. The van der Waals surface area contributed by atoms with Crippen molar-refractivity contribution in [2.75, 3.05) is 5.32 Å². The van der Waals surface area contributed by atoms with E-state index in [0.29, 0.717) is 0 Å². The lowest BCUT2D eigenvalue weighted by atomic mass is 10.1. The van der Waals surface area contributed by atoms with Gasteiger partial charge in [0.2, 0.25) is 5.52 Å². The number of hydrogen-bond acceptors (Lipinski definition) is 3. The smallest absolute Gasteiger partial charge is 0.262 e. The lowest BCUT2D eigenvalue weighted by molar-refractivity contribution is -0.669. The SMILES string of the molecule is CCCc1cccc2sc(C=CC=C3Nc4ccccc4S3)[n+](CCC)c12. The van der Waals surface area contributed by atoms with E-state index < -0.39 is 0 Å². The zero-order valence-corrected chi connectivity index (χ0v) is 17.5. The summed E-state index contributed by atoms with van der Waals surface area (Å²) in [6, 6.07) is 15.2. The van der Waals surface area contributed by atoms with Crippen molar-refractivity contribution in [1.29, 1.82) is 0 Å². The second-order valence-corrected chi connectivity index (χ2v) is 8.87. The third-order valence-corrected chi connectivity index (χ3v) is 6.80. The normalized spacial score (nSPS) is 15.0. The Bertz CT molecular complexity index is 987. The summed E-state index contributed by atoms with van der Waals surface area (Å²) in [5, 5.41) is 5.99. The molecule has 0 bridgehead atoms. The zero-order valence-electron chi connectivity index (χ0n) is 15.9. The van der Waals surface area contributed by atoms with Crippen LogP contribution in [-0.4, -0.2) is 0 Å². The van der Waals surface area contributed by atoms with Crippen LogP contribution >= 0.6 is 23.1 Å². The molecule has 4 heteroatoms. The molecule has 0 radical (unpaired) electrons. The van der Waals surface area contributed by atoms with Crippen molar-refractivity contribution in [1.82, 2.24) is 0 Å². The number of rotatable bonds is 6. The van der Waals surface area contributed by atoms with E-state index in [1.54, 1.807) is 11.8 Å². The van der Waals surface area contributed by atoms with E-state index in [1.807, 2.05) is 11.3 Å². The molecule has 0 atom stereocenters. The number of thiazole rings is 1. The zero-order chi connectivity index (χ0) is 18.6. The van der Waals surface area contributed by atoms with Crippen molar-refractivity contribution in [2.24, 2.45) is 0 Å². The molecule has 0 saturated carbocycles. The molecule has 27 heavy (non-hydrogen) atoms. The number of nitrogens with one attached hydrogen (secondary N) is 1. The van der Waals surface area contributed by atoms with E-state index >= 15 is 0 Å². The summed E-state index contributed by atoms with van der Waals surface area (Å²) in [4.78, 5) is 1.30. The van der Waals surface area contributed by atoms with Gasteiger partial charge in [0.05, 0.1) is 10.7 Å². The monoisotopic (exact) mass is 393 g/mol. The molecule has 2 heterocycles. The molecule has 0 unspecified atom stereocenters. The lowest BCUT2D eigenvalue weighted by Gasteiger charge is -2.00. The van der Waals surface area contributed by atoms with Gasteiger partial charge in [-0.3, -0.25) is 0 Å². The Kier molecular flexibility index (Phi) is 5.65. The summed E-state index contributed by atoms with van der Waals surface area (Å²) in [6.07, 6.45) is 10.1. The van der Waals surface area contributed by atoms with Gasteiger partial charge in [-0.1, -0.05) is 73.7 Å². The number of fused-ring (bicyclic) bond motifs is 2. The van der Waals surface area contributed by atoms with E-state index in [4.69, 9.17) is 0 Å². The third kappa shape index (κ3) is 3.83. The average molecular weight is 394 g/mol. The number of nitrogens with zero attached hydrogens (tertiary/aromatic N) is 1. The first-order valence-corrected chi connectivity index (χ1v) is 11.3. The summed E-state index contributed by atoms with van der Waals surface area (Å²) in [5.74, 6) is 0. The Labute approximate surface area is 169 Å². The summed E-state index contributed by atoms with van der Waals surface area (Å²) in [6.45, 7) is 5.58. The second kappa shape index (κ2) is 8.32. The Hall–Kier alpha value is -2.04. The molecular weight excluding hydrogens is 368 g/mol. The third-order valence-electron chi connectivity index (χ3n) is 4.65. The van der Waals surface area contributed by atoms with Gasteiger partial charge in [-0.2, -0.15) is 4.57 Å². The van der Waals surface area contributed by atoms with Crippen LogP contribution in [0.15, 0.2) is 64.5 Å². The predicted molar refractivity (Wildman–Crippen MR) is 119 cm³/mol. The quantitative estimate of drug-likeness (QED) is 0.473. The number of para-hydroxylation sites is 2. The van der Waals surface area contributed by atoms with E-state index in [0.717, 1.165) is 19.4 Å². The standard InChI is InChI=1S/C23H24N2S2/c1-3-9-17-10-7-13-20-23(17)25(16-4-2)22(27-20)15-8-14-21-24-18-11-5-6-12-19(18)26-21/h5-8,10-15H,3-4,9,16H2,1-2H3/p+1. The number of allylic oxidation sites excluding steroid dienone is 2. The molecule has 1 N–H and O–H groups in total. The highest BCUT2D eigenvalue weighted by Gasteiger charge is 2.20. The van der Waals surface area contributed by atoms with E-state index in [-0.39, 0.29) is 0 Å². The Morgan fingerprint density at radius 2 is 1.93 bits per heavy atom. The van der Waals surface area contributed by atoms with E-state index in [2.05, 4.69) is 84.4 Å². The average Bonchev–Trinajstić information content (AvgIpc) is 3.24. The van der Waals surface area contributed by atoms with Crippen molar-refractivity contribution < 1.29 is 4.57 Å². The van der Waals surface area contributed by atoms with Crippen LogP contribution in [0, 0.1) is 0 Å². The van der Waals surface area contributed by atoms with Crippen LogP contribution in [0.5, 0.6) is 0 Å². The van der Waals surface area contributed by atoms with E-state index in [1.165, 1.54) is 42.8 Å². The molecule has 0 fully saturated rings. The first-order chi connectivity index (χ1) is 13.3. The van der Waals surface area contributed by atoms with E-state index in [9.17, 15) is 0 Å². The van der Waals surface area contributed by atoms with Crippen LogP contribution in [0.4, 0.5) is 5.69 Å². The van der Waals surface area contributed by atoms with Crippen molar-refractivity contribution in [3.05, 3.63) is 70.2 Å². The fourth-order valence-corrected chi connectivity index (χ4v) is 5.57. The van der Waals surface area contributed by atoms with Crippen LogP contribution in [0.2, 0.25) is 0 Å². The van der Waals surface area contributed by atoms with Gasteiger partial charge in [0.25, 0.3) is 5.01 Å². The van der Waals surface area contributed by atoms with Crippen LogP contribution < -0.4 is 9.88 Å². The van der Waals surface area contributed by atoms with Crippen molar-refractivity contribution in [3.8, 4) is 0 Å². The van der Waals surface area contributed by atoms with Crippen LogP contribution in [0.1, 0.15) is 37.3 Å². The minimum Gasteiger partial charge on any atom is -0.349 e. The molecule has 3 aromatic rings. The maximum atomic E-state index is 3.48. The summed E-state index contributed by atoms with van der Waals surface area (Å²) >= 11 is 3.69. The Morgan fingerprint density at radius 3 is 2.74 bits per heavy atom. The summed E-state index contributed by atoms with van der Waals surface area (Å²) in [5.41, 5.74) is 4.11. The van der Waals surface area contributed by atoms with Gasteiger partial charge in [-0.25, -0.2) is 0 Å². The number of benzene rings is 2. The molecule has 2 aromatic carbocycles. The maximum Gasteiger partial charge on any atom is 0.262 e. The van der Waals surface area contributed by atoms with Crippen LogP contribution in [0.3, 0.4) is 0 Å². The molecule has 0 aliphatic carbocycles. The molecule has 1 aliphatic rings. The molecular formula is C23H25N2S2+. The molecule has 4 rings (SSSR count). The van der Waals surface area contributed by atoms with Gasteiger partial charge in [0.15, 0.2) is 0 Å². The van der Waals surface area contributed by atoms with Crippen molar-refractivity contribution in [3.63, 3.8) is 0 Å². The van der Waals surface area contributed by atoms with Crippen molar-refractivity contribution in [2.45, 2.75) is 44.6 Å².